The topological polar surface area (TPSA) is 547 Å². The zero-order valence-corrected chi connectivity index (χ0v) is 75.8. The first kappa shape index (κ1) is 97.8. The number of primary amides is 1. The predicted octanol–water partition coefficient (Wildman–Crippen LogP) is 6.69. The summed E-state index contributed by atoms with van der Waals surface area (Å²) < 4.78 is 53.9. The number of carboxylic acid groups (broad SMARTS) is 1. The number of nitrogens with one attached hydrogen (secondary N) is 9. The summed E-state index contributed by atoms with van der Waals surface area (Å²) in [5, 5.41) is 144. The van der Waals surface area contributed by atoms with Crippen LogP contribution in [0.3, 0.4) is 0 Å². The molecule has 21 N–H and O–H groups in total. The Morgan fingerprint density at radius 1 is 0.574 bits per heavy atom. The number of carbonyl (C=O) groups is 8. The number of benzene rings is 9. The van der Waals surface area contributed by atoms with Gasteiger partial charge in [0.1, 0.15) is 89.5 Å². The van der Waals surface area contributed by atoms with Gasteiger partial charge < -0.3 is 143 Å². The number of aliphatic hydroxyl groups excluding tert-OH is 6. The lowest BCUT2D eigenvalue weighted by Gasteiger charge is -2.48. The normalized spacial score (nSPS) is 28.2. The maximum Gasteiger partial charge on any atom is 0.330 e. The van der Waals surface area contributed by atoms with Crippen LogP contribution < -0.4 is 67.8 Å². The van der Waals surface area contributed by atoms with Gasteiger partial charge in [-0.05, 0) is 157 Å². The molecule has 0 unspecified atom stereocenters. The first-order chi connectivity index (χ1) is 64.9. The summed E-state index contributed by atoms with van der Waals surface area (Å²) in [5.74, 6) is -15.5. The van der Waals surface area contributed by atoms with E-state index in [-0.39, 0.29) is 71.5 Å². The number of ether oxygens (including phenoxy) is 8. The highest BCUT2D eigenvalue weighted by Crippen LogP contribution is 2.50. The number of fused-ring (bicyclic) bond motifs is 15. The van der Waals surface area contributed by atoms with Crippen molar-refractivity contribution in [2.45, 2.75) is 214 Å². The van der Waals surface area contributed by atoms with E-state index in [1.54, 1.807) is 27.7 Å². The van der Waals surface area contributed by atoms with Crippen molar-refractivity contribution in [3.8, 4) is 79.4 Å². The summed E-state index contributed by atoms with van der Waals surface area (Å²) in [6.07, 6.45) is -22.4. The van der Waals surface area contributed by atoms with E-state index in [9.17, 15) is 65.4 Å². The Morgan fingerprint density at radius 3 is 1.69 bits per heavy atom. The zero-order chi connectivity index (χ0) is 97.0. The van der Waals surface area contributed by atoms with Crippen molar-refractivity contribution in [3.63, 3.8) is 0 Å². The number of phenolic OH excluding ortho intramolecular Hbond substituents is 3. The van der Waals surface area contributed by atoms with Gasteiger partial charge in [0.05, 0.1) is 48.5 Å². The van der Waals surface area contributed by atoms with Crippen molar-refractivity contribution >= 4 is 58.9 Å². The van der Waals surface area contributed by atoms with Crippen LogP contribution >= 0.6 is 11.6 Å². The number of carboxylic acids is 1. The van der Waals surface area contributed by atoms with Gasteiger partial charge in [-0.1, -0.05) is 159 Å². The fraction of sp³-hybridized carbons (Fsp3) is 0.374. The molecule has 136 heavy (non-hydrogen) atoms. The summed E-state index contributed by atoms with van der Waals surface area (Å²) in [5.41, 5.74) is 6.35. The third-order valence-electron chi connectivity index (χ3n) is 25.5. The molecule has 37 heteroatoms. The minimum absolute atomic E-state index is 0.0284. The predicted molar refractivity (Wildman–Crippen MR) is 490 cm³/mol. The number of halogens is 1. The molecule has 9 aromatic carbocycles. The number of amides is 7. The molecule has 0 aromatic heterocycles. The number of rotatable bonds is 23. The Hall–Kier alpha value is -12.7. The lowest BCUT2D eigenvalue weighted by Crippen LogP contribution is -2.65. The average molecular weight is 1890 g/mol. The highest BCUT2D eigenvalue weighted by Gasteiger charge is 2.54. The van der Waals surface area contributed by atoms with Gasteiger partial charge in [-0.2, -0.15) is 0 Å². The van der Waals surface area contributed by atoms with Gasteiger partial charge in [-0.15, -0.1) is 0 Å². The second kappa shape index (κ2) is 41.5. The van der Waals surface area contributed by atoms with Crippen LogP contribution in [-0.2, 0) is 75.1 Å². The Kier molecular flexibility index (Phi) is 29.8. The SMILES string of the molecule is CN[C@H](CC(C)C)C(=O)N[C@H]1C(=O)N[C@@H](CC(N)=O)C(=O)N[C@H]2C(=O)N[C@H]3C(=O)N[C@H](C(=O)N[C@H](C(=O)O)c4cc(O)cc(O)c4-c4cc3ccc4O)[C@H](O[C@H]3C[C@](C)(NCc4ccc(-c5ccccc5)cc4)[C@@H](O)[C@H](C)O3)c3ccc(cc3)Oc3cc2cc(c3O[C@@H]2O[C@H](CO)[C@@H](O)[C@H](O)[C@H]2O[C@H]2C[C@](C)(NCc3ccc(-c4ccccc4)cc3)[C@@H](O)[C@H](C)O2)Oc2ccc(cc2Cl)[C@H]1O. The molecule has 9 aromatic rings. The van der Waals surface area contributed by atoms with Crippen molar-refractivity contribution in [1.29, 1.82) is 0 Å². The Morgan fingerprint density at radius 2 is 1.12 bits per heavy atom. The first-order valence-corrected chi connectivity index (χ1v) is 44.9. The Balaban J connectivity index is 0.903. The van der Waals surface area contributed by atoms with Gasteiger partial charge >= 0.3 is 5.97 Å². The Bertz CT molecular complexity index is 5900. The maximum absolute atomic E-state index is 16.7. The van der Waals surface area contributed by atoms with E-state index < -0.39 is 250 Å². The van der Waals surface area contributed by atoms with Crippen LogP contribution in [0.1, 0.15) is 137 Å². The average Bonchev–Trinajstić information content (AvgIpc) is 0.763. The number of phenols is 3. The lowest BCUT2D eigenvalue weighted by molar-refractivity contribution is -0.334. The smallest absolute Gasteiger partial charge is 0.330 e. The van der Waals surface area contributed by atoms with Crippen LogP contribution in [0, 0.1) is 5.92 Å². The molecular weight excluding hydrogens is 1780 g/mol. The van der Waals surface area contributed by atoms with E-state index in [0.29, 0.717) is 0 Å². The number of hydrogen-bond acceptors (Lipinski definition) is 28. The highest BCUT2D eigenvalue weighted by molar-refractivity contribution is 6.32. The molecular formula is C99H109ClN10O26. The van der Waals surface area contributed by atoms with E-state index >= 15 is 24.0 Å². The third-order valence-corrected chi connectivity index (χ3v) is 25.8. The monoisotopic (exact) mass is 1890 g/mol. The number of aliphatic hydroxyl groups is 6. The molecule has 11 bridgehead atoms. The van der Waals surface area contributed by atoms with E-state index in [2.05, 4.69) is 47.9 Å². The van der Waals surface area contributed by atoms with Crippen molar-refractivity contribution in [2.75, 3.05) is 13.7 Å². The molecule has 0 spiro atoms. The second-order valence-electron chi connectivity index (χ2n) is 35.8. The van der Waals surface area contributed by atoms with E-state index in [1.807, 2.05) is 123 Å². The molecule has 0 saturated carbocycles. The molecule has 3 fully saturated rings. The molecule has 0 radical (unpaired) electrons. The summed E-state index contributed by atoms with van der Waals surface area (Å²) >= 11 is 7.28. The molecule has 0 aliphatic carbocycles. The quantitative estimate of drug-likeness (QED) is 0.0317. The molecule has 718 valence electrons. The second-order valence-corrected chi connectivity index (χ2v) is 36.2. The molecule has 36 nitrogen and oxygen atoms in total. The minimum atomic E-state index is -2.37. The van der Waals surface area contributed by atoms with Gasteiger partial charge in [0.25, 0.3) is 0 Å². The number of likely N-dealkylation sites (N-methyl/N-ethyl adjacent to an activating group) is 1. The number of hydrogen-bond donors (Lipinski definition) is 20. The molecule has 8 aliphatic heterocycles. The van der Waals surface area contributed by atoms with Crippen LogP contribution in [0.5, 0.6) is 46.0 Å². The Labute approximate surface area is 786 Å². The summed E-state index contributed by atoms with van der Waals surface area (Å²) in [4.78, 5) is 122. The molecule has 7 amide bonds. The van der Waals surface area contributed by atoms with Crippen LogP contribution in [-0.4, -0.2) is 215 Å². The summed E-state index contributed by atoms with van der Waals surface area (Å²) in [6.45, 7) is 9.70. The van der Waals surface area contributed by atoms with Crippen molar-refractivity contribution < 1.29 is 127 Å². The van der Waals surface area contributed by atoms with Gasteiger partial charge in [-0.3, -0.25) is 33.6 Å². The molecule has 3 saturated heterocycles. The standard InChI is InChI=1S/C99H109ClN10O26/c1-47(2)34-65(102-7)90(121)109-80-82(116)58-29-33-69(64(100)36-58)132-71-38-59-37-70(86(71)136-97-87(84(118)83(117)72(46-111)133-97)135-75-43-99(6,89(120)49(4)130-75)104-45-51-20-24-55(25-21-51)53-16-12-9-13-17-53)131-61-30-26-56(27-31-61)85(134-74-42-98(5,88(119)48(3)129-74)103-44-50-18-22-54(23-19-50)52-14-10-8-11-15-52)81-95(126)108-79(96(127)128)63-39-60(112)40-68(114)76(63)62-35-57(28-32-67(62)113)77(92(123)110-81)107-93(124)78(59)106-91(122)66(41-73(101)115)105-94(80)125/h8-33,35-40,47-49,65-66,72,74-75,77-85,87-89,97,102-104,111-114,116-120H,34,41-46H2,1-7H3,(H2,101,115)(H,105,125)(H,106,122)(H,107,124)(H,108,126)(H,109,121)(H,110,123)(H,127,128)/t48-,49-,65+,66-,72+,74-,75-,77+,78+,79-,80+,81-,82+,83+,84-,85+,87+,88-,89-,97-,98-,99-/m0/s1. The number of aromatic hydroxyl groups is 3. The van der Waals surface area contributed by atoms with Crippen molar-refractivity contribution in [3.05, 3.63) is 238 Å². The van der Waals surface area contributed by atoms with Crippen LogP contribution in [0.4, 0.5) is 0 Å². The van der Waals surface area contributed by atoms with Crippen molar-refractivity contribution in [2.24, 2.45) is 11.7 Å². The van der Waals surface area contributed by atoms with Crippen LogP contribution in [0.25, 0.3) is 33.4 Å². The van der Waals surface area contributed by atoms with E-state index in [0.717, 1.165) is 75.8 Å². The number of aliphatic carboxylic acids is 1. The molecule has 22 atom stereocenters. The fourth-order valence-corrected chi connectivity index (χ4v) is 18.2. The molecule has 8 aliphatic rings. The zero-order valence-electron chi connectivity index (χ0n) is 75.0. The van der Waals surface area contributed by atoms with E-state index in [1.165, 1.54) is 49.5 Å². The third kappa shape index (κ3) is 21.6. The van der Waals surface area contributed by atoms with Crippen LogP contribution in [0.15, 0.2) is 194 Å². The largest absolute Gasteiger partial charge is 0.508 e. The lowest BCUT2D eigenvalue weighted by atomic mass is 9.84. The van der Waals surface area contributed by atoms with E-state index in [4.69, 9.17) is 55.2 Å². The first-order valence-electron chi connectivity index (χ1n) is 44.5. The van der Waals surface area contributed by atoms with Gasteiger partial charge in [0.15, 0.2) is 36.2 Å². The summed E-state index contributed by atoms with van der Waals surface area (Å²) in [6, 6.07) is 36.7. The van der Waals surface area contributed by atoms with Crippen LogP contribution in [0.2, 0.25) is 5.02 Å². The van der Waals surface area contributed by atoms with Gasteiger partial charge in [0.2, 0.25) is 53.4 Å². The number of carbonyl (C=O) groups excluding carboxylic acids is 7. The minimum Gasteiger partial charge on any atom is -0.508 e. The molecule has 8 heterocycles. The molecule has 17 rings (SSSR count). The maximum atomic E-state index is 16.7. The summed E-state index contributed by atoms with van der Waals surface area (Å²) in [7, 11) is 1.49. The van der Waals surface area contributed by atoms with Gasteiger partial charge in [0, 0.05) is 59.8 Å². The van der Waals surface area contributed by atoms with Gasteiger partial charge in [-0.25, -0.2) is 4.79 Å². The highest BCUT2D eigenvalue weighted by atomic mass is 35.5. The van der Waals surface area contributed by atoms with Crippen molar-refractivity contribution in [1.82, 2.24) is 47.9 Å². The number of nitrogens with two attached hydrogens (primary N) is 1. The fourth-order valence-electron chi connectivity index (χ4n) is 18.0.